The lowest BCUT2D eigenvalue weighted by atomic mass is 10.2. The van der Waals surface area contributed by atoms with Crippen LogP contribution >= 0.6 is 11.6 Å². The zero-order valence-corrected chi connectivity index (χ0v) is 15.6. The molecule has 2 aromatic rings. The Labute approximate surface area is 159 Å². The van der Waals surface area contributed by atoms with Crippen LogP contribution in [0.3, 0.4) is 0 Å². The van der Waals surface area contributed by atoms with Gasteiger partial charge in [0, 0.05) is 37.7 Å². The summed E-state index contributed by atoms with van der Waals surface area (Å²) in [7, 11) is 1.67. The van der Waals surface area contributed by atoms with E-state index in [2.05, 4.69) is 17.0 Å². The van der Waals surface area contributed by atoms with Gasteiger partial charge in [-0.15, -0.1) is 0 Å². The summed E-state index contributed by atoms with van der Waals surface area (Å²) in [6.07, 6.45) is 0. The fraction of sp³-hybridized carbons (Fsp3) is 0.350. The highest BCUT2D eigenvalue weighted by atomic mass is 35.5. The number of hydrogen-bond acceptors (Lipinski definition) is 4. The van der Waals surface area contributed by atoms with Crippen molar-refractivity contribution in [2.75, 3.05) is 39.9 Å². The number of piperazine rings is 1. The maximum atomic E-state index is 12.3. The molecule has 1 amide bonds. The average Bonchev–Trinajstić information content (AvgIpc) is 2.67. The van der Waals surface area contributed by atoms with Gasteiger partial charge in [-0.1, -0.05) is 29.8 Å². The normalized spacial score (nSPS) is 14.9. The quantitative estimate of drug-likeness (QED) is 0.779. The molecule has 138 valence electrons. The largest absolute Gasteiger partial charge is 0.497 e. The second-order valence-electron chi connectivity index (χ2n) is 6.25. The highest BCUT2D eigenvalue weighted by Crippen LogP contribution is 2.17. The zero-order valence-electron chi connectivity index (χ0n) is 14.9. The van der Waals surface area contributed by atoms with Gasteiger partial charge in [0.05, 0.1) is 7.11 Å². The molecule has 1 heterocycles. The molecule has 2 aromatic carbocycles. The summed E-state index contributed by atoms with van der Waals surface area (Å²) in [6, 6.07) is 15.2. The van der Waals surface area contributed by atoms with Crippen LogP contribution in [-0.2, 0) is 11.3 Å². The summed E-state index contributed by atoms with van der Waals surface area (Å²) in [5, 5.41) is 0.599. The first-order chi connectivity index (χ1) is 12.6. The highest BCUT2D eigenvalue weighted by Gasteiger charge is 2.21. The minimum absolute atomic E-state index is 0.00840. The van der Waals surface area contributed by atoms with E-state index in [-0.39, 0.29) is 12.5 Å². The number of carbonyl (C=O) groups excluding carboxylic acids is 1. The van der Waals surface area contributed by atoms with Gasteiger partial charge in [-0.05, 0) is 35.9 Å². The maximum Gasteiger partial charge on any atom is 0.260 e. The van der Waals surface area contributed by atoms with Gasteiger partial charge in [-0.3, -0.25) is 9.69 Å². The van der Waals surface area contributed by atoms with E-state index in [0.717, 1.165) is 25.4 Å². The van der Waals surface area contributed by atoms with Crippen LogP contribution in [0.15, 0.2) is 48.5 Å². The first kappa shape index (κ1) is 18.5. The van der Waals surface area contributed by atoms with E-state index in [1.165, 1.54) is 5.56 Å². The Morgan fingerprint density at radius 3 is 2.42 bits per heavy atom. The van der Waals surface area contributed by atoms with Crippen LogP contribution in [0.1, 0.15) is 5.56 Å². The van der Waals surface area contributed by atoms with E-state index in [9.17, 15) is 4.79 Å². The second kappa shape index (κ2) is 8.92. The lowest BCUT2D eigenvalue weighted by molar-refractivity contribution is -0.135. The molecule has 0 radical (unpaired) electrons. The predicted molar refractivity (Wildman–Crippen MR) is 102 cm³/mol. The molecule has 1 fully saturated rings. The third-order valence-corrected chi connectivity index (χ3v) is 4.68. The topological polar surface area (TPSA) is 42.0 Å². The average molecular weight is 375 g/mol. The molecule has 0 aromatic heterocycles. The van der Waals surface area contributed by atoms with E-state index in [4.69, 9.17) is 21.1 Å². The van der Waals surface area contributed by atoms with Crippen molar-refractivity contribution in [2.24, 2.45) is 0 Å². The summed E-state index contributed by atoms with van der Waals surface area (Å²) < 4.78 is 10.7. The van der Waals surface area contributed by atoms with Crippen LogP contribution < -0.4 is 9.47 Å². The van der Waals surface area contributed by atoms with Crippen molar-refractivity contribution in [1.82, 2.24) is 9.80 Å². The van der Waals surface area contributed by atoms with Gasteiger partial charge < -0.3 is 14.4 Å². The molecule has 0 bridgehead atoms. The van der Waals surface area contributed by atoms with Crippen LogP contribution in [-0.4, -0.2) is 55.6 Å². The van der Waals surface area contributed by atoms with E-state index in [1.807, 2.05) is 17.0 Å². The fourth-order valence-corrected chi connectivity index (χ4v) is 3.12. The third-order valence-electron chi connectivity index (χ3n) is 4.45. The lowest BCUT2D eigenvalue weighted by Crippen LogP contribution is -2.49. The van der Waals surface area contributed by atoms with Crippen LogP contribution in [0, 0.1) is 0 Å². The summed E-state index contributed by atoms with van der Waals surface area (Å²) in [5.41, 5.74) is 1.25. The SMILES string of the molecule is COc1ccc(CN2CCN(C(=O)COc3cccc(Cl)c3)CC2)cc1. The van der Waals surface area contributed by atoms with Gasteiger partial charge in [0.15, 0.2) is 6.61 Å². The summed E-state index contributed by atoms with van der Waals surface area (Å²) in [6.45, 7) is 4.06. The Morgan fingerprint density at radius 1 is 1.04 bits per heavy atom. The molecule has 1 aliphatic heterocycles. The summed E-state index contributed by atoms with van der Waals surface area (Å²) in [5.74, 6) is 1.49. The lowest BCUT2D eigenvalue weighted by Gasteiger charge is -2.34. The molecule has 0 saturated carbocycles. The molecule has 3 rings (SSSR count). The molecule has 0 spiro atoms. The Kier molecular flexibility index (Phi) is 6.36. The van der Waals surface area contributed by atoms with E-state index < -0.39 is 0 Å². The second-order valence-corrected chi connectivity index (χ2v) is 6.69. The van der Waals surface area contributed by atoms with E-state index in [0.29, 0.717) is 23.9 Å². The molecule has 0 N–H and O–H groups in total. The van der Waals surface area contributed by atoms with Gasteiger partial charge >= 0.3 is 0 Å². The van der Waals surface area contributed by atoms with E-state index in [1.54, 1.807) is 31.4 Å². The van der Waals surface area contributed by atoms with Gasteiger partial charge in [0.2, 0.25) is 0 Å². The highest BCUT2D eigenvalue weighted by molar-refractivity contribution is 6.30. The molecule has 1 saturated heterocycles. The van der Waals surface area contributed by atoms with Crippen LogP contribution in [0.4, 0.5) is 0 Å². The Balaban J connectivity index is 1.43. The number of rotatable bonds is 6. The van der Waals surface area contributed by atoms with Gasteiger partial charge in [-0.25, -0.2) is 0 Å². The van der Waals surface area contributed by atoms with Crippen LogP contribution in [0.25, 0.3) is 0 Å². The van der Waals surface area contributed by atoms with Crippen molar-refractivity contribution in [3.63, 3.8) is 0 Å². The molecule has 6 heteroatoms. The molecule has 0 atom stereocenters. The molecule has 5 nitrogen and oxygen atoms in total. The molecular weight excluding hydrogens is 352 g/mol. The minimum atomic E-state index is 0.00840. The zero-order chi connectivity index (χ0) is 18.4. The fourth-order valence-electron chi connectivity index (χ4n) is 2.94. The number of amides is 1. The standard InChI is InChI=1S/C20H23ClN2O3/c1-25-18-7-5-16(6-8-18)14-22-9-11-23(12-10-22)20(24)15-26-19-4-2-3-17(21)13-19/h2-8,13H,9-12,14-15H2,1H3. The predicted octanol–water partition coefficient (Wildman–Crippen LogP) is 3.07. The Morgan fingerprint density at radius 2 is 1.77 bits per heavy atom. The molecular formula is C20H23ClN2O3. The number of benzene rings is 2. The smallest absolute Gasteiger partial charge is 0.260 e. The van der Waals surface area contributed by atoms with Crippen molar-refractivity contribution < 1.29 is 14.3 Å². The number of carbonyl (C=O) groups is 1. The molecule has 1 aliphatic rings. The molecule has 26 heavy (non-hydrogen) atoms. The monoisotopic (exact) mass is 374 g/mol. The number of nitrogens with zero attached hydrogens (tertiary/aromatic N) is 2. The third kappa shape index (κ3) is 5.13. The van der Waals surface area contributed by atoms with Crippen molar-refractivity contribution in [3.05, 3.63) is 59.1 Å². The minimum Gasteiger partial charge on any atom is -0.497 e. The van der Waals surface area contributed by atoms with Gasteiger partial charge in [0.1, 0.15) is 11.5 Å². The number of halogens is 1. The van der Waals surface area contributed by atoms with Crippen molar-refractivity contribution in [2.45, 2.75) is 6.54 Å². The van der Waals surface area contributed by atoms with Crippen molar-refractivity contribution in [3.8, 4) is 11.5 Å². The maximum absolute atomic E-state index is 12.3. The number of ether oxygens (including phenoxy) is 2. The Hall–Kier alpha value is -2.24. The number of methoxy groups -OCH3 is 1. The van der Waals surface area contributed by atoms with E-state index >= 15 is 0 Å². The summed E-state index contributed by atoms with van der Waals surface area (Å²) >= 11 is 5.92. The molecule has 0 aliphatic carbocycles. The number of hydrogen-bond donors (Lipinski definition) is 0. The first-order valence-corrected chi connectivity index (χ1v) is 9.03. The van der Waals surface area contributed by atoms with Crippen LogP contribution in [0.2, 0.25) is 5.02 Å². The molecule has 0 unspecified atom stereocenters. The van der Waals surface area contributed by atoms with Gasteiger partial charge in [0.25, 0.3) is 5.91 Å². The van der Waals surface area contributed by atoms with Crippen LogP contribution in [0.5, 0.6) is 11.5 Å². The van der Waals surface area contributed by atoms with Crippen molar-refractivity contribution in [1.29, 1.82) is 0 Å². The summed E-state index contributed by atoms with van der Waals surface area (Å²) in [4.78, 5) is 16.5. The van der Waals surface area contributed by atoms with Gasteiger partial charge in [-0.2, -0.15) is 0 Å². The van der Waals surface area contributed by atoms with Crippen molar-refractivity contribution >= 4 is 17.5 Å². The first-order valence-electron chi connectivity index (χ1n) is 8.65. The Bertz CT molecular complexity index is 728.